The Labute approximate surface area is 77.6 Å². The van der Waals surface area contributed by atoms with Crippen LogP contribution in [0.5, 0.6) is 0 Å². The summed E-state index contributed by atoms with van der Waals surface area (Å²) < 4.78 is 5.18. The Kier molecular flexibility index (Phi) is 3.38. The lowest BCUT2D eigenvalue weighted by molar-refractivity contribution is 0.295. The van der Waals surface area contributed by atoms with Gasteiger partial charge in [0.15, 0.2) is 0 Å². The Bertz CT molecular complexity index is 117. The maximum atomic E-state index is 5.18. The van der Waals surface area contributed by atoms with Crippen molar-refractivity contribution in [2.75, 3.05) is 11.9 Å². The molecule has 1 fully saturated rings. The van der Waals surface area contributed by atoms with E-state index in [1.165, 1.54) is 19.3 Å². The third-order valence-corrected chi connectivity index (χ3v) is 4.00. The summed E-state index contributed by atoms with van der Waals surface area (Å²) in [7, 11) is 0. The predicted octanol–water partition coefficient (Wildman–Crippen LogP) is 2.98. The molecule has 1 rings (SSSR count). The third kappa shape index (κ3) is 3.12. The first-order valence-electron chi connectivity index (χ1n) is 4.38. The van der Waals surface area contributed by atoms with Crippen LogP contribution in [0.2, 0.25) is 0 Å². The molecule has 0 N–H and O–H groups in total. The molecule has 1 saturated heterocycles. The second kappa shape index (κ2) is 3.90. The number of hydrogen-bond donors (Lipinski definition) is 0. The molecule has 2 atom stereocenters. The fourth-order valence-corrected chi connectivity index (χ4v) is 1.76. The topological polar surface area (TPSA) is 12.5 Å². The molecule has 11 heavy (non-hydrogen) atoms. The minimum Gasteiger partial charge on any atom is -0.373 e. The zero-order valence-electron chi connectivity index (χ0n) is 7.40. The second-order valence-corrected chi connectivity index (χ2v) is 4.35. The highest BCUT2D eigenvalue weighted by Crippen LogP contribution is 2.32. The number of rotatable bonds is 5. The molecular weight excluding hydrogens is 204 g/mol. The van der Waals surface area contributed by atoms with Crippen molar-refractivity contribution in [2.24, 2.45) is 5.41 Å². The molecule has 0 aliphatic carbocycles. The highest BCUT2D eigenvalue weighted by Gasteiger charge is 2.27. The molecular formula is C9H17BrO. The molecule has 0 amide bonds. The first-order valence-corrected chi connectivity index (χ1v) is 5.50. The van der Waals surface area contributed by atoms with Crippen molar-refractivity contribution < 1.29 is 4.74 Å². The van der Waals surface area contributed by atoms with Crippen LogP contribution in [-0.4, -0.2) is 18.0 Å². The highest BCUT2D eigenvalue weighted by atomic mass is 79.9. The predicted molar refractivity (Wildman–Crippen MR) is 51.2 cm³/mol. The maximum absolute atomic E-state index is 5.18. The molecule has 1 heterocycles. The summed E-state index contributed by atoms with van der Waals surface area (Å²) in [6.45, 7) is 5.60. The summed E-state index contributed by atoms with van der Waals surface area (Å²) in [6.07, 6.45) is 4.39. The van der Waals surface area contributed by atoms with Gasteiger partial charge in [-0.05, 0) is 24.7 Å². The van der Waals surface area contributed by atoms with Gasteiger partial charge in [0.1, 0.15) is 0 Å². The van der Waals surface area contributed by atoms with Crippen molar-refractivity contribution in [3.05, 3.63) is 0 Å². The van der Waals surface area contributed by atoms with Gasteiger partial charge in [0, 0.05) is 5.33 Å². The van der Waals surface area contributed by atoms with Gasteiger partial charge in [-0.25, -0.2) is 0 Å². The molecule has 0 radical (unpaired) electrons. The fraction of sp³-hybridized carbons (Fsp3) is 1.00. The molecule has 1 aliphatic rings. The van der Waals surface area contributed by atoms with Crippen molar-refractivity contribution in [3.63, 3.8) is 0 Å². The maximum Gasteiger partial charge on any atom is 0.0810 e. The number of epoxide rings is 1. The molecule has 0 spiro atoms. The standard InChI is InChI=1S/C9H17BrO/c1-3-9(2,7-10)5-4-8-6-11-8/h8H,3-7H2,1-2H3. The minimum atomic E-state index is 0.492. The Hall–Kier alpha value is 0.440. The van der Waals surface area contributed by atoms with E-state index in [0.717, 1.165) is 11.9 Å². The van der Waals surface area contributed by atoms with Gasteiger partial charge in [-0.3, -0.25) is 0 Å². The third-order valence-electron chi connectivity index (χ3n) is 2.65. The van der Waals surface area contributed by atoms with Crippen LogP contribution in [-0.2, 0) is 4.74 Å². The van der Waals surface area contributed by atoms with Gasteiger partial charge in [-0.2, -0.15) is 0 Å². The summed E-state index contributed by atoms with van der Waals surface area (Å²) in [5, 5.41) is 1.11. The molecule has 2 heteroatoms. The van der Waals surface area contributed by atoms with Crippen molar-refractivity contribution in [2.45, 2.75) is 39.2 Å². The lowest BCUT2D eigenvalue weighted by Gasteiger charge is -2.24. The van der Waals surface area contributed by atoms with E-state index >= 15 is 0 Å². The monoisotopic (exact) mass is 220 g/mol. The number of ether oxygens (including phenoxy) is 1. The number of hydrogen-bond acceptors (Lipinski definition) is 1. The van der Waals surface area contributed by atoms with Gasteiger partial charge in [0.05, 0.1) is 12.7 Å². The Morgan fingerprint density at radius 3 is 2.64 bits per heavy atom. The quantitative estimate of drug-likeness (QED) is 0.513. The molecule has 1 nitrogen and oxygen atoms in total. The summed E-state index contributed by atoms with van der Waals surface area (Å²) >= 11 is 3.56. The van der Waals surface area contributed by atoms with E-state index < -0.39 is 0 Å². The van der Waals surface area contributed by atoms with Crippen molar-refractivity contribution >= 4 is 15.9 Å². The van der Waals surface area contributed by atoms with Crippen LogP contribution >= 0.6 is 15.9 Å². The van der Waals surface area contributed by atoms with Gasteiger partial charge in [-0.1, -0.05) is 29.8 Å². The van der Waals surface area contributed by atoms with Crippen LogP contribution in [0, 0.1) is 5.41 Å². The molecule has 1 aliphatic heterocycles. The second-order valence-electron chi connectivity index (χ2n) is 3.79. The van der Waals surface area contributed by atoms with Gasteiger partial charge in [0.2, 0.25) is 0 Å². The first-order chi connectivity index (χ1) is 5.20. The summed E-state index contributed by atoms with van der Waals surface area (Å²) in [4.78, 5) is 0. The average molecular weight is 221 g/mol. The highest BCUT2D eigenvalue weighted by molar-refractivity contribution is 9.09. The van der Waals surface area contributed by atoms with Crippen LogP contribution in [0.4, 0.5) is 0 Å². The Balaban J connectivity index is 2.18. The van der Waals surface area contributed by atoms with Crippen molar-refractivity contribution in [3.8, 4) is 0 Å². The number of alkyl halides is 1. The zero-order valence-corrected chi connectivity index (χ0v) is 8.99. The minimum absolute atomic E-state index is 0.492. The van der Waals surface area contributed by atoms with E-state index in [1.807, 2.05) is 0 Å². The molecule has 0 aromatic rings. The normalized spacial score (nSPS) is 28.1. The largest absolute Gasteiger partial charge is 0.373 e. The molecule has 0 aromatic carbocycles. The van der Waals surface area contributed by atoms with Crippen LogP contribution in [0.25, 0.3) is 0 Å². The smallest absolute Gasteiger partial charge is 0.0810 e. The van der Waals surface area contributed by atoms with Gasteiger partial charge >= 0.3 is 0 Å². The summed E-state index contributed by atoms with van der Waals surface area (Å²) in [5.41, 5.74) is 0.492. The van der Waals surface area contributed by atoms with Crippen LogP contribution in [0.3, 0.4) is 0 Å². The van der Waals surface area contributed by atoms with E-state index in [4.69, 9.17) is 4.74 Å². The van der Waals surface area contributed by atoms with Crippen LogP contribution in [0.15, 0.2) is 0 Å². The first kappa shape index (κ1) is 9.53. The lowest BCUT2D eigenvalue weighted by Crippen LogP contribution is -2.17. The lowest BCUT2D eigenvalue weighted by atomic mass is 9.85. The van der Waals surface area contributed by atoms with Gasteiger partial charge in [0.25, 0.3) is 0 Å². The van der Waals surface area contributed by atoms with E-state index in [-0.39, 0.29) is 0 Å². The number of halogens is 1. The van der Waals surface area contributed by atoms with Crippen LogP contribution < -0.4 is 0 Å². The van der Waals surface area contributed by atoms with E-state index in [1.54, 1.807) is 0 Å². The zero-order chi connectivity index (χ0) is 8.32. The van der Waals surface area contributed by atoms with E-state index in [9.17, 15) is 0 Å². The molecule has 0 aromatic heterocycles. The van der Waals surface area contributed by atoms with Gasteiger partial charge < -0.3 is 4.74 Å². The molecule has 66 valence electrons. The molecule has 0 bridgehead atoms. The van der Waals surface area contributed by atoms with Gasteiger partial charge in [-0.15, -0.1) is 0 Å². The fourth-order valence-electron chi connectivity index (χ4n) is 1.08. The van der Waals surface area contributed by atoms with Crippen molar-refractivity contribution in [1.82, 2.24) is 0 Å². The Morgan fingerprint density at radius 1 is 1.64 bits per heavy atom. The summed E-state index contributed by atoms with van der Waals surface area (Å²) in [6, 6.07) is 0. The van der Waals surface area contributed by atoms with E-state index in [0.29, 0.717) is 11.5 Å². The van der Waals surface area contributed by atoms with Crippen molar-refractivity contribution in [1.29, 1.82) is 0 Å². The SMILES string of the molecule is CCC(C)(CBr)CCC1CO1. The molecule has 2 unspecified atom stereocenters. The average Bonchev–Trinajstić information content (AvgIpc) is 2.83. The van der Waals surface area contributed by atoms with E-state index in [2.05, 4.69) is 29.8 Å². The molecule has 0 saturated carbocycles. The Morgan fingerprint density at radius 2 is 2.27 bits per heavy atom. The summed E-state index contributed by atoms with van der Waals surface area (Å²) in [5.74, 6) is 0. The van der Waals surface area contributed by atoms with Crippen LogP contribution in [0.1, 0.15) is 33.1 Å².